The lowest BCUT2D eigenvalue weighted by Crippen LogP contribution is -2.41. The molecule has 0 N–H and O–H groups in total. The van der Waals surface area contributed by atoms with E-state index in [1.54, 1.807) is 59.1 Å². The van der Waals surface area contributed by atoms with Crippen molar-refractivity contribution < 1.29 is 28.6 Å². The minimum atomic E-state index is -1.09. The molecule has 0 radical (unpaired) electrons. The lowest BCUT2D eigenvalue weighted by Gasteiger charge is -2.30. The summed E-state index contributed by atoms with van der Waals surface area (Å²) in [6, 6.07) is 6.73. The van der Waals surface area contributed by atoms with Gasteiger partial charge in [-0.3, -0.25) is 14.4 Å². The number of ether oxygens (including phenoxy) is 3. The fourth-order valence-electron chi connectivity index (χ4n) is 3.49. The van der Waals surface area contributed by atoms with Crippen LogP contribution in [0.5, 0.6) is 5.75 Å². The molecule has 6 heteroatoms. The number of carbonyl (C=O) groups is 3. The van der Waals surface area contributed by atoms with Crippen molar-refractivity contribution in [1.82, 2.24) is 0 Å². The lowest BCUT2D eigenvalue weighted by atomic mass is 9.72. The number of hydrogen-bond donors (Lipinski definition) is 0. The quantitative estimate of drug-likeness (QED) is 0.447. The van der Waals surface area contributed by atoms with E-state index in [0.717, 1.165) is 0 Å². The van der Waals surface area contributed by atoms with Crippen LogP contribution < -0.4 is 4.74 Å². The zero-order valence-electron chi connectivity index (χ0n) is 15.2. The second-order valence-electron chi connectivity index (χ2n) is 6.66. The third-order valence-electron chi connectivity index (χ3n) is 4.65. The molecule has 0 bridgehead atoms. The number of rotatable bonds is 6. The van der Waals surface area contributed by atoms with Crippen molar-refractivity contribution in [3.63, 3.8) is 0 Å². The summed E-state index contributed by atoms with van der Waals surface area (Å²) in [5.41, 5.74) is -0.443. The van der Waals surface area contributed by atoms with E-state index in [-0.39, 0.29) is 12.4 Å². The molecule has 6 nitrogen and oxygen atoms in total. The van der Waals surface area contributed by atoms with Gasteiger partial charge in [0.05, 0.1) is 13.7 Å². The molecule has 0 unspecified atom stereocenters. The molecule has 0 spiro atoms. The van der Waals surface area contributed by atoms with E-state index >= 15 is 0 Å². The molecular weight excluding hydrogens is 324 g/mol. The highest BCUT2D eigenvalue weighted by molar-refractivity contribution is 6.01. The van der Waals surface area contributed by atoms with E-state index in [9.17, 15) is 14.4 Å². The summed E-state index contributed by atoms with van der Waals surface area (Å²) in [7, 11) is 1.55. The topological polar surface area (TPSA) is 78.9 Å². The summed E-state index contributed by atoms with van der Waals surface area (Å²) in [5, 5.41) is 0. The maximum Gasteiger partial charge on any atom is 0.321 e. The van der Waals surface area contributed by atoms with Crippen LogP contribution >= 0.6 is 0 Å². The monoisotopic (exact) mass is 348 g/mol. The Labute approximate surface area is 147 Å². The Bertz CT molecular complexity index is 661. The Morgan fingerprint density at radius 1 is 1.24 bits per heavy atom. The molecule has 1 aromatic rings. The van der Waals surface area contributed by atoms with Gasteiger partial charge in [-0.05, 0) is 45.0 Å². The van der Waals surface area contributed by atoms with Crippen LogP contribution in [0.15, 0.2) is 24.3 Å². The Morgan fingerprint density at radius 3 is 2.36 bits per heavy atom. The van der Waals surface area contributed by atoms with Crippen molar-refractivity contribution >= 4 is 17.7 Å². The van der Waals surface area contributed by atoms with E-state index in [4.69, 9.17) is 14.2 Å². The van der Waals surface area contributed by atoms with Crippen LogP contribution in [0, 0.1) is 17.8 Å². The van der Waals surface area contributed by atoms with E-state index in [1.807, 2.05) is 0 Å². The number of methoxy groups -OCH3 is 1. The maximum atomic E-state index is 12.9. The lowest BCUT2D eigenvalue weighted by molar-refractivity contribution is -0.157. The molecule has 1 aliphatic rings. The standard InChI is InChI=1S/C19H24O6/c1-6-24-17(21)14-15(19(3,4)25-18(14)22)11(2)16(20)12-7-9-13(23-5)10-8-12/h7-11,14-15H,6H2,1-5H3/t11-,14-,15+/m1/s1. The Morgan fingerprint density at radius 2 is 1.84 bits per heavy atom. The first-order chi connectivity index (χ1) is 11.7. The largest absolute Gasteiger partial charge is 0.497 e. The number of ketones is 1. The van der Waals surface area contributed by atoms with Crippen molar-refractivity contribution in [2.24, 2.45) is 17.8 Å². The van der Waals surface area contributed by atoms with Gasteiger partial charge in [0, 0.05) is 17.4 Å². The summed E-state index contributed by atoms with van der Waals surface area (Å²) in [4.78, 5) is 37.4. The molecule has 136 valence electrons. The fourth-order valence-corrected chi connectivity index (χ4v) is 3.49. The van der Waals surface area contributed by atoms with Gasteiger partial charge >= 0.3 is 11.9 Å². The van der Waals surface area contributed by atoms with Crippen molar-refractivity contribution in [3.05, 3.63) is 29.8 Å². The first-order valence-electron chi connectivity index (χ1n) is 8.30. The molecule has 3 atom stereocenters. The number of hydrogen-bond acceptors (Lipinski definition) is 6. The van der Waals surface area contributed by atoms with Gasteiger partial charge in [0.2, 0.25) is 0 Å². The van der Waals surface area contributed by atoms with Gasteiger partial charge in [-0.2, -0.15) is 0 Å². The van der Waals surface area contributed by atoms with Crippen LogP contribution in [0.1, 0.15) is 38.1 Å². The SMILES string of the molecule is CCOC(=O)[C@@H]1C(=O)OC(C)(C)[C@H]1[C@@H](C)C(=O)c1ccc(OC)cc1. The molecule has 0 amide bonds. The normalized spacial score (nSPS) is 22.8. The summed E-state index contributed by atoms with van der Waals surface area (Å²) < 4.78 is 15.5. The van der Waals surface area contributed by atoms with Gasteiger partial charge in [0.15, 0.2) is 11.7 Å². The summed E-state index contributed by atoms with van der Waals surface area (Å²) >= 11 is 0. The van der Waals surface area contributed by atoms with Crippen molar-refractivity contribution in [3.8, 4) is 5.75 Å². The van der Waals surface area contributed by atoms with Gasteiger partial charge in [-0.25, -0.2) is 0 Å². The third-order valence-corrected chi connectivity index (χ3v) is 4.65. The van der Waals surface area contributed by atoms with Crippen LogP contribution in [0.4, 0.5) is 0 Å². The Hall–Kier alpha value is -2.37. The average Bonchev–Trinajstić information content (AvgIpc) is 2.82. The van der Waals surface area contributed by atoms with Crippen molar-refractivity contribution in [1.29, 1.82) is 0 Å². The number of benzene rings is 1. The van der Waals surface area contributed by atoms with Gasteiger partial charge in [-0.1, -0.05) is 6.92 Å². The van der Waals surface area contributed by atoms with Gasteiger partial charge < -0.3 is 14.2 Å². The maximum absolute atomic E-state index is 12.9. The number of esters is 2. The second-order valence-corrected chi connectivity index (χ2v) is 6.66. The smallest absolute Gasteiger partial charge is 0.321 e. The van der Waals surface area contributed by atoms with Gasteiger partial charge in [-0.15, -0.1) is 0 Å². The van der Waals surface area contributed by atoms with Crippen molar-refractivity contribution in [2.75, 3.05) is 13.7 Å². The average molecular weight is 348 g/mol. The van der Waals surface area contributed by atoms with Crippen LogP contribution in [0.2, 0.25) is 0 Å². The van der Waals surface area contributed by atoms with Crippen LogP contribution in [0.25, 0.3) is 0 Å². The molecule has 0 aromatic heterocycles. The van der Waals surface area contributed by atoms with Crippen LogP contribution in [-0.4, -0.2) is 37.0 Å². The zero-order chi connectivity index (χ0) is 18.8. The predicted octanol–water partition coefficient (Wildman–Crippen LogP) is 2.64. The van der Waals surface area contributed by atoms with E-state index in [0.29, 0.717) is 11.3 Å². The minimum Gasteiger partial charge on any atom is -0.497 e. The van der Waals surface area contributed by atoms with Crippen LogP contribution in [-0.2, 0) is 19.1 Å². The molecule has 0 saturated carbocycles. The van der Waals surface area contributed by atoms with Gasteiger partial charge in [0.25, 0.3) is 0 Å². The summed E-state index contributed by atoms with van der Waals surface area (Å²) in [5.74, 6) is -3.08. The molecule has 1 aliphatic heterocycles. The van der Waals surface area contributed by atoms with E-state index in [2.05, 4.69) is 0 Å². The zero-order valence-corrected chi connectivity index (χ0v) is 15.2. The number of carbonyl (C=O) groups excluding carboxylic acids is 3. The predicted molar refractivity (Wildman–Crippen MR) is 90.3 cm³/mol. The highest BCUT2D eigenvalue weighted by atomic mass is 16.6. The Kier molecular flexibility index (Phi) is 5.50. The molecule has 1 fully saturated rings. The molecule has 1 heterocycles. The first-order valence-corrected chi connectivity index (χ1v) is 8.30. The third kappa shape index (κ3) is 3.67. The molecule has 0 aliphatic carbocycles. The molecule has 2 rings (SSSR count). The number of cyclic esters (lactones) is 1. The number of Topliss-reactive ketones (excluding diaryl/α,β-unsaturated/α-hetero) is 1. The van der Waals surface area contributed by atoms with Gasteiger partial charge in [0.1, 0.15) is 11.4 Å². The van der Waals surface area contributed by atoms with E-state index in [1.165, 1.54) is 0 Å². The first kappa shape index (κ1) is 19.0. The van der Waals surface area contributed by atoms with Crippen molar-refractivity contribution in [2.45, 2.75) is 33.3 Å². The summed E-state index contributed by atoms with van der Waals surface area (Å²) in [6.07, 6.45) is 0. The highest BCUT2D eigenvalue weighted by Gasteiger charge is 2.57. The molecule has 25 heavy (non-hydrogen) atoms. The molecule has 1 aromatic carbocycles. The van der Waals surface area contributed by atoms with E-state index < -0.39 is 35.3 Å². The molecular formula is C19H24O6. The highest BCUT2D eigenvalue weighted by Crippen LogP contribution is 2.43. The van der Waals surface area contributed by atoms with Crippen LogP contribution in [0.3, 0.4) is 0 Å². The fraction of sp³-hybridized carbons (Fsp3) is 0.526. The Balaban J connectivity index is 2.31. The molecule has 1 saturated heterocycles. The summed E-state index contributed by atoms with van der Waals surface area (Å²) in [6.45, 7) is 6.98. The minimum absolute atomic E-state index is 0.159. The second kappa shape index (κ2) is 7.25.